The molecule has 5 nitrogen and oxygen atoms in total. The molecule has 0 saturated heterocycles. The average molecular weight is 293 g/mol. The minimum atomic E-state index is -4.47. The van der Waals surface area contributed by atoms with E-state index in [2.05, 4.69) is 0 Å². The van der Waals surface area contributed by atoms with E-state index in [-0.39, 0.29) is 12.4 Å². The molecule has 0 unspecified atom stereocenters. The molecule has 0 saturated carbocycles. The second-order valence-electron chi connectivity index (χ2n) is 3.81. The van der Waals surface area contributed by atoms with Crippen molar-refractivity contribution in [2.45, 2.75) is 12.8 Å². The van der Waals surface area contributed by atoms with Crippen molar-refractivity contribution in [1.82, 2.24) is 5.32 Å². The van der Waals surface area contributed by atoms with Crippen molar-refractivity contribution >= 4 is 5.91 Å². The van der Waals surface area contributed by atoms with Gasteiger partial charge in [-0.3, -0.25) is 4.79 Å². The lowest BCUT2D eigenvalue weighted by Crippen LogP contribution is -2.36. The van der Waals surface area contributed by atoms with E-state index in [1.165, 1.54) is 19.2 Å². The quantitative estimate of drug-likeness (QED) is 0.828. The van der Waals surface area contributed by atoms with Gasteiger partial charge >= 0.3 is 6.18 Å². The third kappa shape index (κ3) is 5.35. The monoisotopic (exact) mass is 293 g/mol. The maximum atomic E-state index is 11.9. The first-order chi connectivity index (χ1) is 9.35. The van der Waals surface area contributed by atoms with Crippen LogP contribution in [0.4, 0.5) is 13.2 Å². The third-order valence-electron chi connectivity index (χ3n) is 2.28. The first-order valence-corrected chi connectivity index (χ1v) is 5.59. The number of halogens is 3. The van der Waals surface area contributed by atoms with Gasteiger partial charge in [-0.25, -0.2) is 0 Å². The molecule has 2 N–H and O–H groups in total. The van der Waals surface area contributed by atoms with Crippen molar-refractivity contribution in [1.29, 1.82) is 0 Å². The Labute approximate surface area is 113 Å². The molecule has 1 aromatic carbocycles. The number of methoxy groups -OCH3 is 1. The number of rotatable bonds is 6. The fraction of sp³-hybridized carbons (Fsp3) is 0.417. The zero-order valence-electron chi connectivity index (χ0n) is 10.7. The molecule has 1 amide bonds. The summed E-state index contributed by atoms with van der Waals surface area (Å²) in [6.45, 7) is -2.34. The maximum Gasteiger partial charge on any atom is 0.405 e. The third-order valence-corrected chi connectivity index (χ3v) is 2.28. The lowest BCUT2D eigenvalue weighted by Gasteiger charge is -2.12. The molecule has 0 fully saturated rings. The molecule has 0 heterocycles. The van der Waals surface area contributed by atoms with Gasteiger partial charge in [0.05, 0.1) is 13.7 Å². The standard InChI is InChI=1S/C12H14F3NO4/c1-19-9-2-3-10(8(4-9)5-17)20-6-11(18)16-7-12(13,14)15/h2-4,17H,5-7H2,1H3,(H,16,18). The Bertz CT molecular complexity index is 463. The zero-order chi connectivity index (χ0) is 15.2. The van der Waals surface area contributed by atoms with E-state index < -0.39 is 25.2 Å². The number of hydrogen-bond donors (Lipinski definition) is 2. The van der Waals surface area contributed by atoms with Gasteiger partial charge < -0.3 is 19.9 Å². The van der Waals surface area contributed by atoms with E-state index in [1.807, 2.05) is 0 Å². The van der Waals surface area contributed by atoms with Crippen LogP contribution in [-0.4, -0.2) is 37.5 Å². The van der Waals surface area contributed by atoms with Gasteiger partial charge in [-0.05, 0) is 18.2 Å². The lowest BCUT2D eigenvalue weighted by atomic mass is 10.2. The summed E-state index contributed by atoms with van der Waals surface area (Å²) >= 11 is 0. The van der Waals surface area contributed by atoms with Gasteiger partial charge in [-0.2, -0.15) is 13.2 Å². The van der Waals surface area contributed by atoms with Crippen LogP contribution in [0.3, 0.4) is 0 Å². The Kier molecular flexibility index (Phi) is 5.63. The second kappa shape index (κ2) is 6.99. The van der Waals surface area contributed by atoms with Crippen molar-refractivity contribution < 1.29 is 32.5 Å². The number of nitrogens with one attached hydrogen (secondary N) is 1. The molecule has 0 radical (unpaired) electrons. The first kappa shape index (κ1) is 16.1. The number of carbonyl (C=O) groups is 1. The van der Waals surface area contributed by atoms with Crippen molar-refractivity contribution in [3.8, 4) is 11.5 Å². The number of aliphatic hydroxyl groups excluding tert-OH is 1. The van der Waals surface area contributed by atoms with Crippen LogP contribution in [0.1, 0.15) is 5.56 Å². The summed E-state index contributed by atoms with van der Waals surface area (Å²) in [6, 6.07) is 4.51. The van der Waals surface area contributed by atoms with Gasteiger partial charge in [-0.1, -0.05) is 0 Å². The van der Waals surface area contributed by atoms with E-state index in [4.69, 9.17) is 14.6 Å². The molecular weight excluding hydrogens is 279 g/mol. The molecular formula is C12H14F3NO4. The molecule has 0 bridgehead atoms. The largest absolute Gasteiger partial charge is 0.497 e. The smallest absolute Gasteiger partial charge is 0.405 e. The van der Waals surface area contributed by atoms with Crippen LogP contribution >= 0.6 is 0 Å². The molecule has 0 aromatic heterocycles. The Morgan fingerprint density at radius 2 is 2.10 bits per heavy atom. The predicted molar refractivity (Wildman–Crippen MR) is 63.5 cm³/mol. The maximum absolute atomic E-state index is 11.9. The summed E-state index contributed by atoms with van der Waals surface area (Å²) in [5, 5.41) is 10.8. The van der Waals surface area contributed by atoms with Crippen LogP contribution in [0.15, 0.2) is 18.2 Å². The Balaban J connectivity index is 2.55. The molecule has 20 heavy (non-hydrogen) atoms. The SMILES string of the molecule is COc1ccc(OCC(=O)NCC(F)(F)F)c(CO)c1. The van der Waals surface area contributed by atoms with Crippen LogP contribution in [-0.2, 0) is 11.4 Å². The minimum absolute atomic E-state index is 0.204. The number of alkyl halides is 3. The number of benzene rings is 1. The topological polar surface area (TPSA) is 67.8 Å². The highest BCUT2D eigenvalue weighted by molar-refractivity contribution is 5.77. The molecule has 0 aliphatic heterocycles. The molecule has 0 spiro atoms. The number of aliphatic hydroxyl groups is 1. The molecule has 0 atom stereocenters. The Hall–Kier alpha value is -1.96. The molecule has 1 aromatic rings. The first-order valence-electron chi connectivity index (χ1n) is 5.59. The highest BCUT2D eigenvalue weighted by Crippen LogP contribution is 2.24. The van der Waals surface area contributed by atoms with Gasteiger partial charge in [0.2, 0.25) is 0 Å². The lowest BCUT2D eigenvalue weighted by molar-refractivity contribution is -0.139. The van der Waals surface area contributed by atoms with Gasteiger partial charge in [-0.15, -0.1) is 0 Å². The van der Waals surface area contributed by atoms with E-state index in [1.54, 1.807) is 11.4 Å². The summed E-state index contributed by atoms with van der Waals surface area (Å²) in [4.78, 5) is 11.2. The van der Waals surface area contributed by atoms with E-state index in [0.717, 1.165) is 0 Å². The van der Waals surface area contributed by atoms with Crippen LogP contribution in [0, 0.1) is 0 Å². The van der Waals surface area contributed by atoms with Crippen LogP contribution in [0.5, 0.6) is 11.5 Å². The van der Waals surface area contributed by atoms with Crippen molar-refractivity contribution in [3.63, 3.8) is 0 Å². The second-order valence-corrected chi connectivity index (χ2v) is 3.81. The van der Waals surface area contributed by atoms with Gasteiger partial charge in [0, 0.05) is 5.56 Å². The van der Waals surface area contributed by atoms with E-state index in [0.29, 0.717) is 11.3 Å². The minimum Gasteiger partial charge on any atom is -0.497 e. The van der Waals surface area contributed by atoms with Gasteiger partial charge in [0.15, 0.2) is 6.61 Å². The number of carbonyl (C=O) groups excluding carboxylic acids is 1. The number of ether oxygens (including phenoxy) is 2. The van der Waals surface area contributed by atoms with Gasteiger partial charge in [0.25, 0.3) is 5.91 Å². The summed E-state index contributed by atoms with van der Waals surface area (Å²) in [7, 11) is 1.45. The van der Waals surface area contributed by atoms with Gasteiger partial charge in [0.1, 0.15) is 18.0 Å². The molecule has 1 rings (SSSR count). The Morgan fingerprint density at radius 1 is 1.40 bits per heavy atom. The number of hydrogen-bond acceptors (Lipinski definition) is 4. The van der Waals surface area contributed by atoms with E-state index in [9.17, 15) is 18.0 Å². The van der Waals surface area contributed by atoms with Crippen LogP contribution in [0.25, 0.3) is 0 Å². The van der Waals surface area contributed by atoms with Crippen molar-refractivity contribution in [3.05, 3.63) is 23.8 Å². The van der Waals surface area contributed by atoms with Crippen molar-refractivity contribution in [2.24, 2.45) is 0 Å². The molecule has 8 heteroatoms. The summed E-state index contributed by atoms with van der Waals surface area (Å²) in [5.41, 5.74) is 0.368. The van der Waals surface area contributed by atoms with Crippen LogP contribution in [0.2, 0.25) is 0 Å². The summed E-state index contributed by atoms with van der Waals surface area (Å²) in [6.07, 6.45) is -4.47. The summed E-state index contributed by atoms with van der Waals surface area (Å²) in [5.74, 6) is -0.208. The van der Waals surface area contributed by atoms with Crippen molar-refractivity contribution in [2.75, 3.05) is 20.3 Å². The number of amides is 1. The average Bonchev–Trinajstić information content (AvgIpc) is 2.41. The normalized spacial score (nSPS) is 11.1. The fourth-order valence-electron chi connectivity index (χ4n) is 1.34. The summed E-state index contributed by atoms with van der Waals surface area (Å²) < 4.78 is 45.6. The van der Waals surface area contributed by atoms with E-state index >= 15 is 0 Å². The zero-order valence-corrected chi connectivity index (χ0v) is 10.7. The van der Waals surface area contributed by atoms with Crippen LogP contribution < -0.4 is 14.8 Å². The highest BCUT2D eigenvalue weighted by atomic mass is 19.4. The predicted octanol–water partition coefficient (Wildman–Crippen LogP) is 1.24. The molecule has 0 aliphatic rings. The highest BCUT2D eigenvalue weighted by Gasteiger charge is 2.27. The fourth-order valence-corrected chi connectivity index (χ4v) is 1.34. The molecule has 0 aliphatic carbocycles. The Morgan fingerprint density at radius 3 is 2.65 bits per heavy atom. The molecule has 112 valence electrons.